The molecule has 9 heteroatoms. The molecule has 13 heavy (non-hydrogen) atoms. The van der Waals surface area contributed by atoms with Crippen molar-refractivity contribution < 1.29 is 54.7 Å². The Morgan fingerprint density at radius 1 is 0.846 bits per heavy atom. The number of halogens is 7. The molecule has 0 amide bonds. The molecule has 0 aromatic carbocycles. The van der Waals surface area contributed by atoms with Crippen molar-refractivity contribution in [2.75, 3.05) is 6.61 Å². The number of hydrogen-bond acceptors (Lipinski definition) is 1. The summed E-state index contributed by atoms with van der Waals surface area (Å²) >= 11 is 0. The van der Waals surface area contributed by atoms with Crippen molar-refractivity contribution >= 4 is 0 Å². The monoisotopic (exact) mass is 206 g/mol. The third-order valence-corrected chi connectivity index (χ3v) is 0.997. The van der Waals surface area contributed by atoms with Crippen LogP contribution >= 0.6 is 0 Å². The zero-order valence-corrected chi connectivity index (χ0v) is 6.26. The van der Waals surface area contributed by atoms with Crippen LogP contribution in [0.4, 0.5) is 30.7 Å². The Hall–Kier alpha value is 0.0674. The van der Waals surface area contributed by atoms with E-state index in [1.807, 2.05) is 0 Å². The second kappa shape index (κ2) is 4.07. The zero-order valence-electron chi connectivity index (χ0n) is 6.26. The van der Waals surface area contributed by atoms with Crippen LogP contribution in [0.3, 0.4) is 0 Å². The summed E-state index contributed by atoms with van der Waals surface area (Å²) in [6, 6.07) is 0. The second-order valence-electron chi connectivity index (χ2n) is 1.92. The van der Waals surface area contributed by atoms with Crippen LogP contribution in [-0.2, 0) is 0 Å². The molecule has 0 heterocycles. The van der Waals surface area contributed by atoms with Crippen molar-refractivity contribution in [3.63, 3.8) is 0 Å². The van der Waals surface area contributed by atoms with Crippen molar-refractivity contribution in [3.8, 4) is 0 Å². The number of hydrogen-bond donors (Lipinski definition) is 0. The van der Waals surface area contributed by atoms with Crippen molar-refractivity contribution in [3.05, 3.63) is 0 Å². The Kier molecular flexibility index (Phi) is 4.86. The van der Waals surface area contributed by atoms with E-state index in [-0.39, 0.29) is 18.9 Å². The molecule has 0 bridgehead atoms. The van der Waals surface area contributed by atoms with Crippen molar-refractivity contribution in [1.82, 2.24) is 0 Å². The van der Waals surface area contributed by atoms with E-state index in [1.165, 1.54) is 0 Å². The van der Waals surface area contributed by atoms with Crippen LogP contribution in [-0.4, -0.2) is 24.6 Å². The molecular formula is C4H2F7LiO. The van der Waals surface area contributed by atoms with E-state index < -0.39 is 24.6 Å². The van der Waals surface area contributed by atoms with Gasteiger partial charge in [-0.2, -0.15) is 22.0 Å². The molecule has 0 fully saturated rings. The van der Waals surface area contributed by atoms with Gasteiger partial charge in [-0.3, -0.25) is 0 Å². The molecule has 0 saturated carbocycles. The smallest absolute Gasteiger partial charge is 0.850 e. The average Bonchev–Trinajstić information content (AvgIpc) is 1.85. The van der Waals surface area contributed by atoms with Gasteiger partial charge in [-0.1, -0.05) is 6.61 Å². The minimum atomic E-state index is -6.40. The van der Waals surface area contributed by atoms with E-state index in [0.717, 1.165) is 0 Å². The van der Waals surface area contributed by atoms with Crippen molar-refractivity contribution in [2.45, 2.75) is 18.0 Å². The van der Waals surface area contributed by atoms with Crippen LogP contribution < -0.4 is 24.0 Å². The molecule has 1 nitrogen and oxygen atoms in total. The van der Waals surface area contributed by atoms with Gasteiger partial charge in [0.15, 0.2) is 0 Å². The largest absolute Gasteiger partial charge is 1.00 e. The first-order chi connectivity index (χ1) is 5.06. The Morgan fingerprint density at radius 3 is 1.23 bits per heavy atom. The molecule has 0 unspecified atom stereocenters. The Labute approximate surface area is 80.1 Å². The molecule has 0 aliphatic heterocycles. The molecule has 0 spiro atoms. The molecule has 0 radical (unpaired) electrons. The van der Waals surface area contributed by atoms with Gasteiger partial charge in [0.05, 0.1) is 0 Å². The van der Waals surface area contributed by atoms with Crippen LogP contribution in [0.25, 0.3) is 0 Å². The van der Waals surface area contributed by atoms with Crippen LogP contribution in [0, 0.1) is 0 Å². The minimum absolute atomic E-state index is 0. The number of rotatable bonds is 2. The van der Waals surface area contributed by atoms with Crippen molar-refractivity contribution in [1.29, 1.82) is 0 Å². The van der Waals surface area contributed by atoms with Gasteiger partial charge in [-0.25, -0.2) is 8.78 Å². The van der Waals surface area contributed by atoms with Crippen molar-refractivity contribution in [2.24, 2.45) is 0 Å². The topological polar surface area (TPSA) is 23.1 Å². The van der Waals surface area contributed by atoms with E-state index in [1.54, 1.807) is 0 Å². The second-order valence-corrected chi connectivity index (χ2v) is 1.92. The maximum atomic E-state index is 11.6. The van der Waals surface area contributed by atoms with Gasteiger partial charge in [-0.05, 0) is 0 Å². The zero-order chi connectivity index (χ0) is 10.2. The van der Waals surface area contributed by atoms with Crippen LogP contribution in [0.5, 0.6) is 0 Å². The van der Waals surface area contributed by atoms with Gasteiger partial charge in [0.25, 0.3) is 0 Å². The third kappa shape index (κ3) is 2.76. The molecule has 0 saturated heterocycles. The standard InChI is InChI=1S/C4H2F7O.Li/c5-2(6,1-12)3(7,8)4(9,10)11;/h1H2;/q-1;+1. The average molecular weight is 206 g/mol. The summed E-state index contributed by atoms with van der Waals surface area (Å²) in [6.07, 6.45) is -6.40. The summed E-state index contributed by atoms with van der Waals surface area (Å²) < 4.78 is 80.0. The van der Waals surface area contributed by atoms with E-state index in [2.05, 4.69) is 0 Å². The minimum Gasteiger partial charge on any atom is -0.850 e. The van der Waals surface area contributed by atoms with Crippen LogP contribution in [0.2, 0.25) is 0 Å². The fraction of sp³-hybridized carbons (Fsp3) is 1.00. The molecular weight excluding hydrogens is 204 g/mol. The fourth-order valence-corrected chi connectivity index (χ4v) is 0.298. The molecule has 0 N–H and O–H groups in total. The summed E-state index contributed by atoms with van der Waals surface area (Å²) in [5.74, 6) is -11.9. The fourth-order valence-electron chi connectivity index (χ4n) is 0.298. The third-order valence-electron chi connectivity index (χ3n) is 0.997. The van der Waals surface area contributed by atoms with Gasteiger partial charge < -0.3 is 5.11 Å². The summed E-state index contributed by atoms with van der Waals surface area (Å²) in [7, 11) is 0. The molecule has 0 aromatic rings. The summed E-state index contributed by atoms with van der Waals surface area (Å²) in [5.41, 5.74) is 0. The number of alkyl halides is 7. The van der Waals surface area contributed by atoms with Crippen LogP contribution in [0.15, 0.2) is 0 Å². The first kappa shape index (κ1) is 15.5. The van der Waals surface area contributed by atoms with Gasteiger partial charge >= 0.3 is 36.9 Å². The molecule has 0 aliphatic carbocycles. The Bertz CT molecular complexity index is 164. The Morgan fingerprint density at radius 2 is 1.15 bits per heavy atom. The quantitative estimate of drug-likeness (QED) is 0.385. The first-order valence-corrected chi connectivity index (χ1v) is 2.47. The predicted octanol–water partition coefficient (Wildman–Crippen LogP) is -1.82. The summed E-state index contributed by atoms with van der Waals surface area (Å²) in [4.78, 5) is 0. The first-order valence-electron chi connectivity index (χ1n) is 2.47. The normalized spacial score (nSPS) is 13.8. The molecule has 0 aromatic heterocycles. The molecule has 74 valence electrons. The SMILES string of the molecule is [Li+].[O-]CC(F)(F)C(F)(F)C(F)(F)F. The van der Waals surface area contributed by atoms with Gasteiger partial charge in [0, 0.05) is 0 Å². The van der Waals surface area contributed by atoms with Gasteiger partial charge in [0.1, 0.15) is 0 Å². The maximum Gasteiger partial charge on any atom is 1.00 e. The Balaban J connectivity index is 0. The molecule has 0 aliphatic rings. The maximum absolute atomic E-state index is 11.6. The van der Waals surface area contributed by atoms with Crippen LogP contribution in [0.1, 0.15) is 0 Å². The van der Waals surface area contributed by atoms with E-state index in [9.17, 15) is 35.8 Å². The van der Waals surface area contributed by atoms with Gasteiger partial charge in [0.2, 0.25) is 0 Å². The van der Waals surface area contributed by atoms with E-state index >= 15 is 0 Å². The van der Waals surface area contributed by atoms with E-state index in [4.69, 9.17) is 0 Å². The van der Waals surface area contributed by atoms with E-state index in [0.29, 0.717) is 0 Å². The predicted molar refractivity (Wildman–Crippen MR) is 20.8 cm³/mol. The molecule has 0 rings (SSSR count). The summed E-state index contributed by atoms with van der Waals surface area (Å²) in [5, 5.41) is 9.31. The summed E-state index contributed by atoms with van der Waals surface area (Å²) in [6.45, 7) is -2.81. The molecule has 0 atom stereocenters. The van der Waals surface area contributed by atoms with Gasteiger partial charge in [-0.15, -0.1) is 0 Å².